The van der Waals surface area contributed by atoms with E-state index in [2.05, 4.69) is 5.32 Å². The van der Waals surface area contributed by atoms with Gasteiger partial charge in [-0.3, -0.25) is 9.59 Å². The molecule has 0 radical (unpaired) electrons. The third-order valence-electron chi connectivity index (χ3n) is 6.55. The molecule has 2 unspecified atom stereocenters. The van der Waals surface area contributed by atoms with Crippen molar-refractivity contribution >= 4 is 17.5 Å². The molecular formula is C21H29N3O2. The van der Waals surface area contributed by atoms with Crippen molar-refractivity contribution < 1.29 is 9.59 Å². The molecule has 5 heteroatoms. The Kier molecular flexibility index (Phi) is 4.98. The Labute approximate surface area is 155 Å². The summed E-state index contributed by atoms with van der Waals surface area (Å²) in [5.41, 5.74) is 7.72. The molecule has 2 bridgehead atoms. The van der Waals surface area contributed by atoms with Crippen LogP contribution in [0.5, 0.6) is 0 Å². The molecular weight excluding hydrogens is 326 g/mol. The van der Waals surface area contributed by atoms with Gasteiger partial charge in [-0.1, -0.05) is 12.5 Å². The van der Waals surface area contributed by atoms with E-state index in [1.807, 2.05) is 29.2 Å². The van der Waals surface area contributed by atoms with Crippen LogP contribution in [0, 0.1) is 17.8 Å². The van der Waals surface area contributed by atoms with E-state index in [1.54, 1.807) is 0 Å². The Morgan fingerprint density at radius 3 is 2.42 bits per heavy atom. The third kappa shape index (κ3) is 3.50. The van der Waals surface area contributed by atoms with Gasteiger partial charge in [0.1, 0.15) is 0 Å². The smallest absolute Gasteiger partial charge is 0.253 e. The molecule has 3 N–H and O–H groups in total. The van der Waals surface area contributed by atoms with E-state index >= 15 is 0 Å². The van der Waals surface area contributed by atoms with Gasteiger partial charge in [0, 0.05) is 36.3 Å². The number of anilines is 1. The zero-order chi connectivity index (χ0) is 18.1. The Morgan fingerprint density at radius 1 is 1.04 bits per heavy atom. The molecule has 1 aromatic rings. The number of rotatable bonds is 3. The van der Waals surface area contributed by atoms with Crippen molar-refractivity contribution in [3.8, 4) is 0 Å². The molecule has 0 aromatic heterocycles. The molecule has 0 spiro atoms. The Morgan fingerprint density at radius 2 is 1.73 bits per heavy atom. The predicted octanol–water partition coefficient (Wildman–Crippen LogP) is 3.01. The standard InChI is InChI=1S/C21H29N3O2/c22-19-14-5-3-6-15(19)12-17(11-14)20(25)23-18-8-4-7-16(13-18)21(26)24-9-1-2-10-24/h4,7-8,13-15,17,19H,1-3,5-6,9-12,22H2,(H,23,25). The number of likely N-dealkylation sites (tertiary alicyclic amines) is 1. The first kappa shape index (κ1) is 17.5. The van der Waals surface area contributed by atoms with E-state index in [0.29, 0.717) is 17.4 Å². The van der Waals surface area contributed by atoms with E-state index in [1.165, 1.54) is 6.42 Å². The normalized spacial score (nSPS) is 30.9. The van der Waals surface area contributed by atoms with Crippen molar-refractivity contribution in [3.05, 3.63) is 29.8 Å². The molecule has 140 valence electrons. The van der Waals surface area contributed by atoms with Gasteiger partial charge < -0.3 is 16.0 Å². The van der Waals surface area contributed by atoms with E-state index in [4.69, 9.17) is 5.73 Å². The zero-order valence-corrected chi connectivity index (χ0v) is 15.3. The summed E-state index contributed by atoms with van der Waals surface area (Å²) in [6.07, 6.45) is 7.51. The van der Waals surface area contributed by atoms with Crippen molar-refractivity contribution in [1.29, 1.82) is 0 Å². The molecule has 1 aromatic carbocycles. The highest BCUT2D eigenvalue weighted by atomic mass is 16.2. The lowest BCUT2D eigenvalue weighted by atomic mass is 9.65. The van der Waals surface area contributed by atoms with Gasteiger partial charge in [0.25, 0.3) is 5.91 Å². The number of amides is 2. The molecule has 2 amide bonds. The Bertz CT molecular complexity index is 670. The Hall–Kier alpha value is -1.88. The van der Waals surface area contributed by atoms with Gasteiger partial charge in [0.2, 0.25) is 5.91 Å². The largest absolute Gasteiger partial charge is 0.339 e. The van der Waals surface area contributed by atoms with E-state index in [-0.39, 0.29) is 23.8 Å². The number of nitrogens with zero attached hydrogens (tertiary/aromatic N) is 1. The number of carbonyl (C=O) groups is 2. The van der Waals surface area contributed by atoms with Gasteiger partial charge in [-0.2, -0.15) is 0 Å². The topological polar surface area (TPSA) is 75.4 Å². The first-order valence-electron chi connectivity index (χ1n) is 10.1. The second-order valence-electron chi connectivity index (χ2n) is 8.27. The number of fused-ring (bicyclic) bond motifs is 2. The molecule has 4 rings (SSSR count). The third-order valence-corrected chi connectivity index (χ3v) is 6.55. The van der Waals surface area contributed by atoms with Gasteiger partial charge in [-0.05, 0) is 68.6 Å². The summed E-state index contributed by atoms with van der Waals surface area (Å²) < 4.78 is 0. The number of nitrogens with two attached hydrogens (primary N) is 1. The second kappa shape index (κ2) is 7.39. The quantitative estimate of drug-likeness (QED) is 0.875. The van der Waals surface area contributed by atoms with Crippen molar-refractivity contribution in [2.45, 2.75) is 51.0 Å². The fraction of sp³-hybridized carbons (Fsp3) is 0.619. The van der Waals surface area contributed by atoms with Crippen LogP contribution in [0.3, 0.4) is 0 Å². The highest BCUT2D eigenvalue weighted by Gasteiger charge is 2.40. The SMILES string of the molecule is NC1C2CCCC1CC(C(=O)Nc1cccc(C(=O)N3CCCC3)c1)C2. The van der Waals surface area contributed by atoms with Crippen molar-refractivity contribution in [3.63, 3.8) is 0 Å². The van der Waals surface area contributed by atoms with E-state index < -0.39 is 0 Å². The van der Waals surface area contributed by atoms with Crippen LogP contribution >= 0.6 is 0 Å². The fourth-order valence-corrected chi connectivity index (χ4v) is 5.08. The molecule has 5 nitrogen and oxygen atoms in total. The Balaban J connectivity index is 1.41. The monoisotopic (exact) mass is 355 g/mol. The van der Waals surface area contributed by atoms with E-state index in [9.17, 15) is 9.59 Å². The van der Waals surface area contributed by atoms with Crippen LogP contribution in [0.4, 0.5) is 5.69 Å². The van der Waals surface area contributed by atoms with Crippen LogP contribution in [-0.4, -0.2) is 35.8 Å². The first-order valence-corrected chi connectivity index (χ1v) is 10.1. The number of nitrogens with one attached hydrogen (secondary N) is 1. The van der Waals surface area contributed by atoms with Crippen molar-refractivity contribution in [1.82, 2.24) is 4.90 Å². The van der Waals surface area contributed by atoms with Gasteiger partial charge in [0.15, 0.2) is 0 Å². The van der Waals surface area contributed by atoms with Crippen LogP contribution in [-0.2, 0) is 4.79 Å². The van der Waals surface area contributed by atoms with Crippen molar-refractivity contribution in [2.75, 3.05) is 18.4 Å². The lowest BCUT2D eigenvalue weighted by Gasteiger charge is -2.43. The molecule has 2 atom stereocenters. The van der Waals surface area contributed by atoms with Crippen LogP contribution in [0.25, 0.3) is 0 Å². The second-order valence-corrected chi connectivity index (χ2v) is 8.27. The summed E-state index contributed by atoms with van der Waals surface area (Å²) in [4.78, 5) is 27.2. The summed E-state index contributed by atoms with van der Waals surface area (Å²) in [6, 6.07) is 7.64. The lowest BCUT2D eigenvalue weighted by Crippen LogP contribution is -2.48. The average Bonchev–Trinajstić information content (AvgIpc) is 3.15. The fourth-order valence-electron chi connectivity index (χ4n) is 5.08. The van der Waals surface area contributed by atoms with Crippen molar-refractivity contribution in [2.24, 2.45) is 23.5 Å². The number of benzene rings is 1. The first-order chi connectivity index (χ1) is 12.6. The molecule has 2 aliphatic carbocycles. The van der Waals surface area contributed by atoms with Gasteiger partial charge in [-0.15, -0.1) is 0 Å². The van der Waals surface area contributed by atoms with Gasteiger partial charge in [0.05, 0.1) is 0 Å². The minimum atomic E-state index is 0.0445. The number of hydrogen-bond acceptors (Lipinski definition) is 3. The minimum absolute atomic E-state index is 0.0445. The number of carbonyl (C=O) groups excluding carboxylic acids is 2. The predicted molar refractivity (Wildman–Crippen MR) is 102 cm³/mol. The molecule has 2 saturated carbocycles. The van der Waals surface area contributed by atoms with E-state index in [0.717, 1.165) is 57.3 Å². The summed E-state index contributed by atoms with van der Waals surface area (Å²) in [5, 5.41) is 3.05. The molecule has 1 aliphatic heterocycles. The number of hydrogen-bond donors (Lipinski definition) is 2. The molecule has 1 saturated heterocycles. The van der Waals surface area contributed by atoms with Gasteiger partial charge >= 0.3 is 0 Å². The summed E-state index contributed by atoms with van der Waals surface area (Å²) >= 11 is 0. The maximum atomic E-state index is 12.8. The molecule has 3 aliphatic rings. The average molecular weight is 355 g/mol. The minimum Gasteiger partial charge on any atom is -0.339 e. The molecule has 26 heavy (non-hydrogen) atoms. The zero-order valence-electron chi connectivity index (χ0n) is 15.3. The van der Waals surface area contributed by atoms with Crippen LogP contribution in [0.1, 0.15) is 55.3 Å². The lowest BCUT2D eigenvalue weighted by molar-refractivity contribution is -0.122. The maximum Gasteiger partial charge on any atom is 0.253 e. The highest BCUT2D eigenvalue weighted by molar-refractivity contribution is 5.97. The van der Waals surface area contributed by atoms with Crippen LogP contribution < -0.4 is 11.1 Å². The van der Waals surface area contributed by atoms with Crippen LogP contribution in [0.2, 0.25) is 0 Å². The summed E-state index contributed by atoms with van der Waals surface area (Å²) in [5.74, 6) is 1.17. The summed E-state index contributed by atoms with van der Waals surface area (Å²) in [7, 11) is 0. The molecule has 1 heterocycles. The summed E-state index contributed by atoms with van der Waals surface area (Å²) in [6.45, 7) is 1.67. The van der Waals surface area contributed by atoms with Gasteiger partial charge in [-0.25, -0.2) is 0 Å². The molecule has 3 fully saturated rings. The maximum absolute atomic E-state index is 12.8. The highest BCUT2D eigenvalue weighted by Crippen LogP contribution is 2.42. The van der Waals surface area contributed by atoms with Crippen LogP contribution in [0.15, 0.2) is 24.3 Å².